The lowest BCUT2D eigenvalue weighted by Crippen LogP contribution is -2.49. The number of rotatable bonds is 4. The third-order valence-electron chi connectivity index (χ3n) is 4.13. The van der Waals surface area contributed by atoms with Crippen molar-refractivity contribution in [3.8, 4) is 0 Å². The van der Waals surface area contributed by atoms with Crippen LogP contribution in [0.25, 0.3) is 0 Å². The predicted molar refractivity (Wildman–Crippen MR) is 72.6 cm³/mol. The summed E-state index contributed by atoms with van der Waals surface area (Å²) in [4.78, 5) is 2.56. The van der Waals surface area contributed by atoms with E-state index in [1.807, 2.05) is 0 Å². The van der Waals surface area contributed by atoms with Gasteiger partial charge in [0.05, 0.1) is 0 Å². The average Bonchev–Trinajstić information content (AvgIpc) is 2.26. The molecule has 1 aliphatic heterocycles. The SMILES string of the molecule is CC(C)C1CN(C(C)c2ccc(CN)cc2)C1. The fourth-order valence-electron chi connectivity index (χ4n) is 2.43. The zero-order chi connectivity index (χ0) is 12.4. The fraction of sp³-hybridized carbons (Fsp3) is 0.600. The lowest BCUT2D eigenvalue weighted by Gasteiger charge is -2.45. The molecule has 0 saturated carbocycles. The summed E-state index contributed by atoms with van der Waals surface area (Å²) < 4.78 is 0. The van der Waals surface area contributed by atoms with Crippen LogP contribution in [0.2, 0.25) is 0 Å². The molecular weight excluding hydrogens is 208 g/mol. The van der Waals surface area contributed by atoms with Gasteiger partial charge in [-0.05, 0) is 29.9 Å². The Morgan fingerprint density at radius 1 is 1.18 bits per heavy atom. The molecule has 1 aromatic carbocycles. The van der Waals surface area contributed by atoms with Crippen LogP contribution in [-0.2, 0) is 6.54 Å². The third-order valence-corrected chi connectivity index (χ3v) is 4.13. The molecule has 0 bridgehead atoms. The van der Waals surface area contributed by atoms with Crippen molar-refractivity contribution in [1.82, 2.24) is 4.90 Å². The first-order valence-electron chi connectivity index (χ1n) is 6.64. The summed E-state index contributed by atoms with van der Waals surface area (Å²) >= 11 is 0. The normalized spacial score (nSPS) is 19.4. The first-order valence-corrected chi connectivity index (χ1v) is 6.64. The van der Waals surface area contributed by atoms with E-state index in [2.05, 4.69) is 49.9 Å². The molecule has 2 N–H and O–H groups in total. The molecule has 94 valence electrons. The molecule has 2 rings (SSSR count). The number of likely N-dealkylation sites (tertiary alicyclic amines) is 1. The van der Waals surface area contributed by atoms with Crippen molar-refractivity contribution in [1.29, 1.82) is 0 Å². The minimum absolute atomic E-state index is 0.539. The molecule has 2 nitrogen and oxygen atoms in total. The maximum Gasteiger partial charge on any atom is 0.0320 e. The van der Waals surface area contributed by atoms with Crippen molar-refractivity contribution in [3.05, 3.63) is 35.4 Å². The number of hydrogen-bond acceptors (Lipinski definition) is 2. The molecule has 1 heterocycles. The van der Waals surface area contributed by atoms with Crippen molar-refractivity contribution in [2.75, 3.05) is 13.1 Å². The monoisotopic (exact) mass is 232 g/mol. The summed E-state index contributed by atoms with van der Waals surface area (Å²) in [6.45, 7) is 10.1. The van der Waals surface area contributed by atoms with Crippen LogP contribution < -0.4 is 5.73 Å². The van der Waals surface area contributed by atoms with Gasteiger partial charge in [0.2, 0.25) is 0 Å². The van der Waals surface area contributed by atoms with Gasteiger partial charge in [-0.3, -0.25) is 4.90 Å². The van der Waals surface area contributed by atoms with E-state index in [0.717, 1.165) is 11.8 Å². The first-order chi connectivity index (χ1) is 8.11. The lowest BCUT2D eigenvalue weighted by molar-refractivity contribution is 0.0336. The Morgan fingerprint density at radius 2 is 1.76 bits per heavy atom. The van der Waals surface area contributed by atoms with Gasteiger partial charge in [-0.1, -0.05) is 38.1 Å². The largest absolute Gasteiger partial charge is 0.326 e. The summed E-state index contributed by atoms with van der Waals surface area (Å²) in [6, 6.07) is 9.26. The van der Waals surface area contributed by atoms with E-state index in [4.69, 9.17) is 5.73 Å². The molecule has 1 fully saturated rings. The molecular formula is C15H24N2. The van der Waals surface area contributed by atoms with Gasteiger partial charge < -0.3 is 5.73 Å². The van der Waals surface area contributed by atoms with Crippen LogP contribution in [0.15, 0.2) is 24.3 Å². The van der Waals surface area contributed by atoms with Crippen molar-refractivity contribution in [3.63, 3.8) is 0 Å². The van der Waals surface area contributed by atoms with E-state index < -0.39 is 0 Å². The van der Waals surface area contributed by atoms with E-state index >= 15 is 0 Å². The number of nitrogens with two attached hydrogens (primary N) is 1. The van der Waals surface area contributed by atoms with E-state index in [1.54, 1.807) is 0 Å². The van der Waals surface area contributed by atoms with Gasteiger partial charge in [0.15, 0.2) is 0 Å². The Kier molecular flexibility index (Phi) is 3.85. The molecule has 0 aliphatic carbocycles. The molecule has 0 aromatic heterocycles. The van der Waals surface area contributed by atoms with Gasteiger partial charge in [0.1, 0.15) is 0 Å². The van der Waals surface area contributed by atoms with Gasteiger partial charge in [0.25, 0.3) is 0 Å². The zero-order valence-corrected chi connectivity index (χ0v) is 11.2. The smallest absolute Gasteiger partial charge is 0.0320 e. The van der Waals surface area contributed by atoms with E-state index in [1.165, 1.54) is 24.2 Å². The highest BCUT2D eigenvalue weighted by atomic mass is 15.2. The second-order valence-electron chi connectivity index (χ2n) is 5.58. The molecule has 1 aromatic rings. The first kappa shape index (κ1) is 12.6. The van der Waals surface area contributed by atoms with Crippen LogP contribution in [0.4, 0.5) is 0 Å². The van der Waals surface area contributed by atoms with Gasteiger partial charge in [-0.2, -0.15) is 0 Å². The maximum absolute atomic E-state index is 5.61. The summed E-state index contributed by atoms with van der Waals surface area (Å²) in [5, 5.41) is 0. The predicted octanol–water partition coefficient (Wildman–Crippen LogP) is 2.79. The lowest BCUT2D eigenvalue weighted by atomic mass is 9.86. The van der Waals surface area contributed by atoms with Crippen LogP contribution in [0.5, 0.6) is 0 Å². The topological polar surface area (TPSA) is 29.3 Å². The van der Waals surface area contributed by atoms with Crippen molar-refractivity contribution < 1.29 is 0 Å². The van der Waals surface area contributed by atoms with Crippen LogP contribution in [0, 0.1) is 11.8 Å². The van der Waals surface area contributed by atoms with E-state index in [9.17, 15) is 0 Å². The Balaban J connectivity index is 1.94. The molecule has 1 aliphatic rings. The molecule has 0 spiro atoms. The minimum atomic E-state index is 0.539. The van der Waals surface area contributed by atoms with Gasteiger partial charge in [0, 0.05) is 25.7 Å². The summed E-state index contributed by atoms with van der Waals surface area (Å²) in [5.74, 6) is 1.71. The average molecular weight is 232 g/mol. The molecule has 1 saturated heterocycles. The van der Waals surface area contributed by atoms with Crippen LogP contribution in [0.3, 0.4) is 0 Å². The third kappa shape index (κ3) is 2.70. The highest BCUT2D eigenvalue weighted by Crippen LogP contribution is 2.31. The zero-order valence-electron chi connectivity index (χ0n) is 11.2. The Morgan fingerprint density at radius 3 is 2.24 bits per heavy atom. The summed E-state index contributed by atoms with van der Waals surface area (Å²) in [7, 11) is 0. The molecule has 0 radical (unpaired) electrons. The van der Waals surface area contributed by atoms with Crippen LogP contribution in [-0.4, -0.2) is 18.0 Å². The molecule has 1 unspecified atom stereocenters. The molecule has 1 atom stereocenters. The Labute approximate surface area is 105 Å². The molecule has 17 heavy (non-hydrogen) atoms. The van der Waals surface area contributed by atoms with Crippen molar-refractivity contribution in [2.45, 2.75) is 33.4 Å². The molecule has 0 amide bonds. The number of nitrogens with zero attached hydrogens (tertiary/aromatic N) is 1. The highest BCUT2D eigenvalue weighted by molar-refractivity contribution is 5.25. The standard InChI is InChI=1S/C15H24N2/c1-11(2)15-9-17(10-15)12(3)14-6-4-13(8-16)5-7-14/h4-7,11-12,15H,8-10,16H2,1-3H3. The van der Waals surface area contributed by atoms with Gasteiger partial charge >= 0.3 is 0 Å². The quantitative estimate of drug-likeness (QED) is 0.865. The second kappa shape index (κ2) is 5.19. The fourth-order valence-corrected chi connectivity index (χ4v) is 2.43. The Bertz CT molecular complexity index is 350. The Hall–Kier alpha value is -0.860. The highest BCUT2D eigenvalue weighted by Gasteiger charge is 2.32. The van der Waals surface area contributed by atoms with E-state index in [-0.39, 0.29) is 0 Å². The van der Waals surface area contributed by atoms with E-state index in [0.29, 0.717) is 12.6 Å². The van der Waals surface area contributed by atoms with Crippen molar-refractivity contribution >= 4 is 0 Å². The van der Waals surface area contributed by atoms with Crippen LogP contribution >= 0.6 is 0 Å². The second-order valence-corrected chi connectivity index (χ2v) is 5.58. The molecule has 2 heteroatoms. The van der Waals surface area contributed by atoms with Crippen molar-refractivity contribution in [2.24, 2.45) is 17.6 Å². The van der Waals surface area contributed by atoms with Gasteiger partial charge in [-0.25, -0.2) is 0 Å². The summed E-state index contributed by atoms with van der Waals surface area (Å²) in [6.07, 6.45) is 0. The van der Waals surface area contributed by atoms with Gasteiger partial charge in [-0.15, -0.1) is 0 Å². The number of benzene rings is 1. The minimum Gasteiger partial charge on any atom is -0.326 e. The maximum atomic E-state index is 5.61. The van der Waals surface area contributed by atoms with Crippen LogP contribution in [0.1, 0.15) is 37.9 Å². The number of hydrogen-bond donors (Lipinski definition) is 1. The summed E-state index contributed by atoms with van der Waals surface area (Å²) in [5.41, 5.74) is 8.23.